The Balaban J connectivity index is 1.82. The predicted molar refractivity (Wildman–Crippen MR) is 91.1 cm³/mol. The van der Waals surface area contributed by atoms with Gasteiger partial charge in [0.15, 0.2) is 0 Å². The van der Waals surface area contributed by atoms with Gasteiger partial charge in [0.05, 0.1) is 13.0 Å². The summed E-state index contributed by atoms with van der Waals surface area (Å²) in [6.07, 6.45) is 3.23. The fourth-order valence-electron chi connectivity index (χ4n) is 2.99. The number of carbonyl (C=O) groups is 2. The van der Waals surface area contributed by atoms with E-state index < -0.39 is 0 Å². The fraction of sp³-hybridized carbons (Fsp3) is 0.556. The smallest absolute Gasteiger partial charge is 0.242 e. The van der Waals surface area contributed by atoms with Gasteiger partial charge in [-0.1, -0.05) is 37.3 Å². The SMILES string of the molecule is CCCN(C(=O)CNC(=O)Cc1ccccc1)C1CCNCC1. The van der Waals surface area contributed by atoms with Gasteiger partial charge < -0.3 is 15.5 Å². The van der Waals surface area contributed by atoms with E-state index in [-0.39, 0.29) is 18.4 Å². The Morgan fingerprint density at radius 1 is 1.22 bits per heavy atom. The largest absolute Gasteiger partial charge is 0.347 e. The molecule has 1 aliphatic heterocycles. The van der Waals surface area contributed by atoms with Crippen LogP contribution in [0.25, 0.3) is 0 Å². The van der Waals surface area contributed by atoms with Crippen LogP contribution in [0.2, 0.25) is 0 Å². The molecular formula is C18H27N3O2. The van der Waals surface area contributed by atoms with E-state index in [1.165, 1.54) is 0 Å². The van der Waals surface area contributed by atoms with Crippen molar-refractivity contribution in [3.8, 4) is 0 Å². The highest BCUT2D eigenvalue weighted by atomic mass is 16.2. The lowest BCUT2D eigenvalue weighted by atomic mass is 10.0. The Morgan fingerprint density at radius 3 is 2.57 bits per heavy atom. The van der Waals surface area contributed by atoms with Gasteiger partial charge in [0.25, 0.3) is 0 Å². The van der Waals surface area contributed by atoms with Gasteiger partial charge >= 0.3 is 0 Å². The maximum Gasteiger partial charge on any atom is 0.242 e. The van der Waals surface area contributed by atoms with Crippen molar-refractivity contribution >= 4 is 11.8 Å². The minimum absolute atomic E-state index is 0.0279. The van der Waals surface area contributed by atoms with E-state index >= 15 is 0 Å². The summed E-state index contributed by atoms with van der Waals surface area (Å²) in [6.45, 7) is 4.85. The average Bonchev–Trinajstić information content (AvgIpc) is 2.59. The van der Waals surface area contributed by atoms with Crippen LogP contribution in [0.3, 0.4) is 0 Å². The van der Waals surface area contributed by atoms with E-state index in [1.807, 2.05) is 35.2 Å². The van der Waals surface area contributed by atoms with Gasteiger partial charge in [-0.25, -0.2) is 0 Å². The molecule has 1 heterocycles. The second kappa shape index (κ2) is 9.30. The molecule has 1 saturated heterocycles. The van der Waals surface area contributed by atoms with Gasteiger partial charge in [-0.2, -0.15) is 0 Å². The first-order valence-electron chi connectivity index (χ1n) is 8.51. The van der Waals surface area contributed by atoms with E-state index in [4.69, 9.17) is 0 Å². The lowest BCUT2D eigenvalue weighted by molar-refractivity contribution is -0.135. The molecule has 1 aromatic rings. The minimum Gasteiger partial charge on any atom is -0.347 e. The zero-order valence-corrected chi connectivity index (χ0v) is 13.9. The first-order chi connectivity index (χ1) is 11.2. The molecule has 0 aliphatic carbocycles. The molecule has 0 radical (unpaired) electrons. The van der Waals surface area contributed by atoms with E-state index in [1.54, 1.807) is 0 Å². The summed E-state index contributed by atoms with van der Waals surface area (Å²) in [4.78, 5) is 26.4. The maximum absolute atomic E-state index is 12.5. The van der Waals surface area contributed by atoms with Crippen molar-refractivity contribution in [3.63, 3.8) is 0 Å². The standard InChI is InChI=1S/C18H27N3O2/c1-2-12-21(16-8-10-19-11-9-16)18(23)14-20-17(22)13-15-6-4-3-5-7-15/h3-7,16,19H,2,8-14H2,1H3,(H,20,22). The normalized spacial score (nSPS) is 15.2. The maximum atomic E-state index is 12.5. The molecule has 23 heavy (non-hydrogen) atoms. The number of amides is 2. The highest BCUT2D eigenvalue weighted by molar-refractivity contribution is 5.85. The minimum atomic E-state index is -0.105. The number of hydrogen-bond donors (Lipinski definition) is 2. The molecule has 5 heteroatoms. The van der Waals surface area contributed by atoms with Crippen molar-refractivity contribution in [1.82, 2.24) is 15.5 Å². The molecule has 2 amide bonds. The molecule has 5 nitrogen and oxygen atoms in total. The molecule has 1 aromatic carbocycles. The first-order valence-corrected chi connectivity index (χ1v) is 8.51. The van der Waals surface area contributed by atoms with Crippen molar-refractivity contribution in [2.45, 2.75) is 38.6 Å². The zero-order valence-electron chi connectivity index (χ0n) is 13.9. The summed E-state index contributed by atoms with van der Waals surface area (Å²) >= 11 is 0. The van der Waals surface area contributed by atoms with Gasteiger partial charge in [-0.05, 0) is 37.9 Å². The number of nitrogens with zero attached hydrogens (tertiary/aromatic N) is 1. The van der Waals surface area contributed by atoms with Crippen molar-refractivity contribution in [2.24, 2.45) is 0 Å². The Kier molecular flexibility index (Phi) is 7.07. The predicted octanol–water partition coefficient (Wildman–Crippen LogP) is 1.34. The van der Waals surface area contributed by atoms with Crippen LogP contribution < -0.4 is 10.6 Å². The molecule has 2 rings (SSSR count). The van der Waals surface area contributed by atoms with Gasteiger partial charge in [0.1, 0.15) is 0 Å². The van der Waals surface area contributed by atoms with Crippen LogP contribution in [0.5, 0.6) is 0 Å². The summed E-state index contributed by atoms with van der Waals surface area (Å²) in [5.41, 5.74) is 0.959. The highest BCUT2D eigenvalue weighted by Gasteiger charge is 2.24. The Bertz CT molecular complexity index is 498. The molecule has 0 atom stereocenters. The monoisotopic (exact) mass is 317 g/mol. The van der Waals surface area contributed by atoms with Gasteiger partial charge in [0.2, 0.25) is 11.8 Å². The van der Waals surface area contributed by atoms with Crippen LogP contribution in [-0.2, 0) is 16.0 Å². The van der Waals surface area contributed by atoms with E-state index in [2.05, 4.69) is 17.6 Å². The molecule has 0 bridgehead atoms. The topological polar surface area (TPSA) is 61.4 Å². The second-order valence-corrected chi connectivity index (χ2v) is 6.01. The summed E-state index contributed by atoms with van der Waals surface area (Å²) in [7, 11) is 0. The van der Waals surface area contributed by atoms with Crippen LogP contribution >= 0.6 is 0 Å². The summed E-state index contributed by atoms with van der Waals surface area (Å²) in [5, 5.41) is 6.08. The van der Waals surface area contributed by atoms with Crippen LogP contribution in [0.1, 0.15) is 31.7 Å². The molecule has 126 valence electrons. The third kappa shape index (κ3) is 5.67. The quantitative estimate of drug-likeness (QED) is 0.798. The lowest BCUT2D eigenvalue weighted by Gasteiger charge is -2.34. The van der Waals surface area contributed by atoms with Gasteiger partial charge in [-0.15, -0.1) is 0 Å². The number of nitrogens with one attached hydrogen (secondary N) is 2. The number of rotatable bonds is 7. The van der Waals surface area contributed by atoms with E-state index in [0.29, 0.717) is 12.5 Å². The average molecular weight is 317 g/mol. The van der Waals surface area contributed by atoms with Crippen molar-refractivity contribution in [3.05, 3.63) is 35.9 Å². The second-order valence-electron chi connectivity index (χ2n) is 6.01. The number of piperidine rings is 1. The molecule has 0 spiro atoms. The summed E-state index contributed by atoms with van der Waals surface area (Å²) in [5.74, 6) is -0.0773. The molecule has 0 saturated carbocycles. The van der Waals surface area contributed by atoms with Crippen LogP contribution in [0.15, 0.2) is 30.3 Å². The number of carbonyl (C=O) groups excluding carboxylic acids is 2. The molecule has 2 N–H and O–H groups in total. The van der Waals surface area contributed by atoms with Crippen LogP contribution in [0, 0.1) is 0 Å². The summed E-state index contributed by atoms with van der Waals surface area (Å²) in [6, 6.07) is 9.88. The third-order valence-electron chi connectivity index (χ3n) is 4.18. The first kappa shape index (κ1) is 17.5. The zero-order chi connectivity index (χ0) is 16.5. The van der Waals surface area contributed by atoms with Gasteiger partial charge in [0, 0.05) is 12.6 Å². The third-order valence-corrected chi connectivity index (χ3v) is 4.18. The number of hydrogen-bond acceptors (Lipinski definition) is 3. The van der Waals surface area contributed by atoms with Crippen molar-refractivity contribution in [2.75, 3.05) is 26.2 Å². The van der Waals surface area contributed by atoms with E-state index in [9.17, 15) is 9.59 Å². The number of benzene rings is 1. The fourth-order valence-corrected chi connectivity index (χ4v) is 2.99. The van der Waals surface area contributed by atoms with Gasteiger partial charge in [-0.3, -0.25) is 9.59 Å². The molecule has 1 fully saturated rings. The molecule has 0 aromatic heterocycles. The Hall–Kier alpha value is -1.88. The summed E-state index contributed by atoms with van der Waals surface area (Å²) < 4.78 is 0. The molecular weight excluding hydrogens is 290 g/mol. The van der Waals surface area contributed by atoms with Crippen LogP contribution in [0.4, 0.5) is 0 Å². The molecule has 0 unspecified atom stereocenters. The van der Waals surface area contributed by atoms with Crippen molar-refractivity contribution in [1.29, 1.82) is 0 Å². The highest BCUT2D eigenvalue weighted by Crippen LogP contribution is 2.12. The Morgan fingerprint density at radius 2 is 1.91 bits per heavy atom. The molecule has 1 aliphatic rings. The lowest BCUT2D eigenvalue weighted by Crippen LogP contribution is -2.49. The van der Waals surface area contributed by atoms with Crippen molar-refractivity contribution < 1.29 is 9.59 Å². The Labute approximate surface area is 138 Å². The van der Waals surface area contributed by atoms with E-state index in [0.717, 1.165) is 44.5 Å². The van der Waals surface area contributed by atoms with Crippen LogP contribution in [-0.4, -0.2) is 48.9 Å².